The molecule has 0 saturated heterocycles. The van der Waals surface area contributed by atoms with E-state index >= 15 is 0 Å². The summed E-state index contributed by atoms with van der Waals surface area (Å²) in [6, 6.07) is 0.507. The van der Waals surface area contributed by atoms with E-state index in [0.717, 1.165) is 17.5 Å². The number of nitrogens with zero attached hydrogens (tertiary/aromatic N) is 3. The number of hydrogen-bond donors (Lipinski definition) is 1. The van der Waals surface area contributed by atoms with Gasteiger partial charge in [0.05, 0.1) is 12.7 Å². The molecule has 2 aromatic heterocycles. The maximum absolute atomic E-state index is 11.6. The molecule has 2 aliphatic rings. The minimum Gasteiger partial charge on any atom is -0.312 e. The van der Waals surface area contributed by atoms with Crippen LogP contribution in [0.25, 0.3) is 11.2 Å². The fraction of sp³-hybridized carbons (Fsp3) is 0.583. The van der Waals surface area contributed by atoms with Crippen LogP contribution in [0.1, 0.15) is 31.7 Å². The van der Waals surface area contributed by atoms with Gasteiger partial charge >= 0.3 is 0 Å². The number of imidazole rings is 1. The van der Waals surface area contributed by atoms with Crippen LogP contribution >= 0.6 is 0 Å². The average Bonchev–Trinajstić information content (AvgIpc) is 3.03. The third-order valence-electron chi connectivity index (χ3n) is 4.42. The molecule has 2 fully saturated rings. The molecule has 0 aromatic carbocycles. The Kier molecular flexibility index (Phi) is 1.76. The quantitative estimate of drug-likeness (QED) is 0.807. The first-order valence-corrected chi connectivity index (χ1v) is 6.23. The average molecular weight is 230 g/mol. The molecule has 0 amide bonds. The Bertz CT molecular complexity index is 629. The van der Waals surface area contributed by atoms with Gasteiger partial charge in [-0.05, 0) is 31.1 Å². The molecule has 0 radical (unpaired) electrons. The molecule has 2 saturated carbocycles. The largest absolute Gasteiger partial charge is 0.312 e. The van der Waals surface area contributed by atoms with E-state index in [2.05, 4.69) is 19.5 Å². The minimum atomic E-state index is -0.142. The Labute approximate surface area is 97.9 Å². The molecular formula is C12H14N4O. The molecule has 88 valence electrons. The monoisotopic (exact) mass is 230 g/mol. The van der Waals surface area contributed by atoms with Crippen molar-refractivity contribution in [2.45, 2.75) is 31.7 Å². The summed E-state index contributed by atoms with van der Waals surface area (Å²) in [6.07, 6.45) is 8.52. The summed E-state index contributed by atoms with van der Waals surface area (Å²) in [5.74, 6) is 1.64. The summed E-state index contributed by atoms with van der Waals surface area (Å²) in [7, 11) is 0. The lowest BCUT2D eigenvalue weighted by Gasteiger charge is -2.23. The van der Waals surface area contributed by atoms with Gasteiger partial charge in [-0.1, -0.05) is 6.42 Å². The zero-order valence-corrected chi connectivity index (χ0v) is 9.47. The van der Waals surface area contributed by atoms with Crippen LogP contribution in [0.15, 0.2) is 17.4 Å². The Morgan fingerprint density at radius 3 is 3.00 bits per heavy atom. The number of nitrogens with one attached hydrogen (secondary N) is 1. The second-order valence-electron chi connectivity index (χ2n) is 5.30. The number of aromatic amines is 1. The van der Waals surface area contributed by atoms with E-state index in [4.69, 9.17) is 0 Å². The van der Waals surface area contributed by atoms with Crippen LogP contribution in [0.2, 0.25) is 0 Å². The predicted molar refractivity (Wildman–Crippen MR) is 62.6 cm³/mol. The van der Waals surface area contributed by atoms with Gasteiger partial charge < -0.3 is 9.55 Å². The summed E-state index contributed by atoms with van der Waals surface area (Å²) in [5.41, 5.74) is 1.07. The minimum absolute atomic E-state index is 0.142. The van der Waals surface area contributed by atoms with Crippen LogP contribution in [-0.2, 0) is 0 Å². The van der Waals surface area contributed by atoms with Crippen molar-refractivity contribution >= 4 is 11.2 Å². The van der Waals surface area contributed by atoms with E-state index in [1.54, 1.807) is 6.33 Å². The molecule has 3 atom stereocenters. The molecule has 5 heteroatoms. The SMILES string of the molecule is O=c1[nH]cnc2c1ncn2[C@@H]1C[C@H]2CC[C@@H]1C2. The molecule has 1 N–H and O–H groups in total. The molecular weight excluding hydrogens is 216 g/mol. The van der Waals surface area contributed by atoms with Crippen molar-refractivity contribution in [2.24, 2.45) is 11.8 Å². The lowest BCUT2D eigenvalue weighted by molar-refractivity contribution is 0.334. The summed E-state index contributed by atoms with van der Waals surface area (Å²) < 4.78 is 2.12. The van der Waals surface area contributed by atoms with Crippen molar-refractivity contribution in [3.8, 4) is 0 Å². The molecule has 0 spiro atoms. The maximum Gasteiger partial charge on any atom is 0.278 e. The zero-order chi connectivity index (χ0) is 11.4. The van der Waals surface area contributed by atoms with Gasteiger partial charge in [-0.3, -0.25) is 4.79 Å². The molecule has 2 bridgehead atoms. The number of hydrogen-bond acceptors (Lipinski definition) is 3. The van der Waals surface area contributed by atoms with Gasteiger partial charge in [0.2, 0.25) is 0 Å². The molecule has 2 heterocycles. The van der Waals surface area contributed by atoms with Crippen molar-refractivity contribution in [3.63, 3.8) is 0 Å². The highest BCUT2D eigenvalue weighted by Crippen LogP contribution is 2.50. The van der Waals surface area contributed by atoms with Crippen molar-refractivity contribution in [1.29, 1.82) is 0 Å². The first-order chi connectivity index (χ1) is 8.33. The summed E-state index contributed by atoms with van der Waals surface area (Å²) in [5, 5.41) is 0. The van der Waals surface area contributed by atoms with Crippen molar-refractivity contribution in [3.05, 3.63) is 23.0 Å². The van der Waals surface area contributed by atoms with Gasteiger partial charge in [-0.15, -0.1) is 0 Å². The summed E-state index contributed by atoms with van der Waals surface area (Å²) >= 11 is 0. The number of H-pyrrole nitrogens is 1. The third kappa shape index (κ3) is 1.22. The van der Waals surface area contributed by atoms with Gasteiger partial charge in [0, 0.05) is 6.04 Å². The Morgan fingerprint density at radius 1 is 1.29 bits per heavy atom. The molecule has 2 aliphatic carbocycles. The van der Waals surface area contributed by atoms with E-state index in [1.807, 2.05) is 0 Å². The van der Waals surface area contributed by atoms with Crippen LogP contribution in [0, 0.1) is 11.8 Å². The fourth-order valence-electron chi connectivity index (χ4n) is 3.66. The van der Waals surface area contributed by atoms with Gasteiger partial charge in [-0.2, -0.15) is 0 Å². The van der Waals surface area contributed by atoms with Gasteiger partial charge in [-0.25, -0.2) is 9.97 Å². The van der Waals surface area contributed by atoms with Crippen molar-refractivity contribution < 1.29 is 0 Å². The van der Waals surface area contributed by atoms with Gasteiger partial charge in [0.15, 0.2) is 11.2 Å². The number of aromatic nitrogens is 4. The maximum atomic E-state index is 11.6. The summed E-state index contributed by atoms with van der Waals surface area (Å²) in [6.45, 7) is 0. The van der Waals surface area contributed by atoms with E-state index in [-0.39, 0.29) is 5.56 Å². The second kappa shape index (κ2) is 3.18. The van der Waals surface area contributed by atoms with Crippen LogP contribution < -0.4 is 5.56 Å². The topological polar surface area (TPSA) is 63.6 Å². The Balaban J connectivity index is 1.87. The third-order valence-corrected chi connectivity index (χ3v) is 4.42. The highest BCUT2D eigenvalue weighted by Gasteiger charge is 2.41. The fourth-order valence-corrected chi connectivity index (χ4v) is 3.66. The van der Waals surface area contributed by atoms with E-state index in [1.165, 1.54) is 32.0 Å². The first-order valence-electron chi connectivity index (χ1n) is 6.23. The Hall–Kier alpha value is -1.65. The van der Waals surface area contributed by atoms with E-state index in [9.17, 15) is 4.79 Å². The van der Waals surface area contributed by atoms with Gasteiger partial charge in [0.1, 0.15) is 0 Å². The van der Waals surface area contributed by atoms with E-state index < -0.39 is 0 Å². The highest BCUT2D eigenvalue weighted by atomic mass is 16.1. The normalized spacial score (nSPS) is 31.4. The molecule has 4 rings (SSSR count). The lowest BCUT2D eigenvalue weighted by atomic mass is 9.95. The number of rotatable bonds is 1. The second-order valence-corrected chi connectivity index (χ2v) is 5.30. The predicted octanol–water partition coefficient (Wildman–Crippen LogP) is 1.48. The Morgan fingerprint density at radius 2 is 2.24 bits per heavy atom. The van der Waals surface area contributed by atoms with Crippen LogP contribution in [0.4, 0.5) is 0 Å². The van der Waals surface area contributed by atoms with Crippen molar-refractivity contribution in [1.82, 2.24) is 19.5 Å². The van der Waals surface area contributed by atoms with E-state index in [0.29, 0.717) is 11.6 Å². The highest BCUT2D eigenvalue weighted by molar-refractivity contribution is 5.68. The number of fused-ring (bicyclic) bond motifs is 3. The molecule has 17 heavy (non-hydrogen) atoms. The molecule has 5 nitrogen and oxygen atoms in total. The molecule has 2 aromatic rings. The van der Waals surface area contributed by atoms with Crippen LogP contribution in [0.5, 0.6) is 0 Å². The zero-order valence-electron chi connectivity index (χ0n) is 9.47. The smallest absolute Gasteiger partial charge is 0.278 e. The molecule has 0 unspecified atom stereocenters. The van der Waals surface area contributed by atoms with Crippen LogP contribution in [0.3, 0.4) is 0 Å². The standard InChI is InChI=1S/C12H14N4O/c17-12-10-11(13-5-14-12)16(6-15-10)9-4-7-1-2-8(9)3-7/h5-9H,1-4H2,(H,13,14,17)/t7-,8+,9+/m0/s1. The molecule has 0 aliphatic heterocycles. The lowest BCUT2D eigenvalue weighted by Crippen LogP contribution is -2.16. The first kappa shape index (κ1) is 9.39. The van der Waals surface area contributed by atoms with Crippen LogP contribution in [-0.4, -0.2) is 19.5 Å². The van der Waals surface area contributed by atoms with Gasteiger partial charge in [0.25, 0.3) is 5.56 Å². The van der Waals surface area contributed by atoms with Crippen molar-refractivity contribution in [2.75, 3.05) is 0 Å². The summed E-state index contributed by atoms with van der Waals surface area (Å²) in [4.78, 5) is 22.6.